The molecule has 5 rings (SSSR count). The Morgan fingerprint density at radius 3 is 2.33 bits per heavy atom. The number of carbonyl (C=O) groups is 2. The molecule has 46 heavy (non-hydrogen) atoms. The monoisotopic (exact) mass is 628 g/mol. The number of anilines is 1. The third kappa shape index (κ3) is 10.5. The first-order chi connectivity index (χ1) is 22.4. The van der Waals surface area contributed by atoms with Gasteiger partial charge in [0.15, 0.2) is 6.29 Å². The van der Waals surface area contributed by atoms with Gasteiger partial charge in [0.1, 0.15) is 0 Å². The van der Waals surface area contributed by atoms with Crippen LogP contribution in [0.15, 0.2) is 78.9 Å². The van der Waals surface area contributed by atoms with E-state index < -0.39 is 6.29 Å². The number of hydrogen-bond acceptors (Lipinski definition) is 7. The lowest BCUT2D eigenvalue weighted by atomic mass is 9.99. The molecule has 0 aliphatic carbocycles. The fraction of sp³-hybridized carbons (Fsp3) is 0.459. The molecule has 0 bridgehead atoms. The van der Waals surface area contributed by atoms with E-state index in [0.717, 1.165) is 81.6 Å². The molecule has 3 aromatic carbocycles. The maximum Gasteiger partial charge on any atom is 0.224 e. The van der Waals surface area contributed by atoms with Gasteiger partial charge in [-0.05, 0) is 41.7 Å². The van der Waals surface area contributed by atoms with Crippen LogP contribution in [-0.4, -0.2) is 72.1 Å². The van der Waals surface area contributed by atoms with Gasteiger partial charge in [-0.3, -0.25) is 19.4 Å². The quantitative estimate of drug-likeness (QED) is 0.212. The van der Waals surface area contributed by atoms with E-state index in [9.17, 15) is 14.7 Å². The highest BCUT2D eigenvalue weighted by Gasteiger charge is 2.34. The van der Waals surface area contributed by atoms with E-state index in [1.807, 2.05) is 48.5 Å². The van der Waals surface area contributed by atoms with Crippen LogP contribution in [0.5, 0.6) is 0 Å². The van der Waals surface area contributed by atoms with Gasteiger partial charge < -0.3 is 25.2 Å². The van der Waals surface area contributed by atoms with Crippen molar-refractivity contribution in [1.82, 2.24) is 15.1 Å². The van der Waals surface area contributed by atoms with Crippen molar-refractivity contribution in [2.24, 2.45) is 0 Å². The van der Waals surface area contributed by atoms with Crippen molar-refractivity contribution < 1.29 is 24.2 Å². The lowest BCUT2D eigenvalue weighted by molar-refractivity contribution is -0.253. The fourth-order valence-electron chi connectivity index (χ4n) is 6.13. The highest BCUT2D eigenvalue weighted by Crippen LogP contribution is 2.38. The molecule has 0 aromatic heterocycles. The minimum atomic E-state index is -0.578. The van der Waals surface area contributed by atoms with Crippen LogP contribution >= 0.6 is 0 Å². The molecule has 0 saturated carbocycles. The molecule has 2 heterocycles. The topological polar surface area (TPSA) is 103 Å². The minimum absolute atomic E-state index is 0.00595. The molecule has 2 fully saturated rings. The molecule has 2 amide bonds. The predicted octanol–water partition coefficient (Wildman–Crippen LogP) is 5.18. The molecule has 9 nitrogen and oxygen atoms in total. The van der Waals surface area contributed by atoms with E-state index in [0.29, 0.717) is 18.7 Å². The Hall–Kier alpha value is -3.60. The van der Waals surface area contributed by atoms with Gasteiger partial charge >= 0.3 is 0 Å². The van der Waals surface area contributed by atoms with E-state index in [1.165, 1.54) is 12.5 Å². The molecule has 0 radical (unpaired) electrons. The van der Waals surface area contributed by atoms with Crippen molar-refractivity contribution >= 4 is 17.5 Å². The van der Waals surface area contributed by atoms with Gasteiger partial charge in [-0.25, -0.2) is 0 Å². The van der Waals surface area contributed by atoms with Gasteiger partial charge in [0.25, 0.3) is 0 Å². The van der Waals surface area contributed by atoms with E-state index in [4.69, 9.17) is 9.47 Å². The summed E-state index contributed by atoms with van der Waals surface area (Å²) in [5.74, 6) is -0.0635. The maximum absolute atomic E-state index is 12.7. The predicted molar refractivity (Wildman–Crippen MR) is 179 cm³/mol. The Labute approximate surface area is 272 Å². The van der Waals surface area contributed by atoms with Crippen LogP contribution in [0.2, 0.25) is 0 Å². The van der Waals surface area contributed by atoms with Crippen molar-refractivity contribution in [3.05, 3.63) is 101 Å². The summed E-state index contributed by atoms with van der Waals surface area (Å²) in [4.78, 5) is 28.7. The third-order valence-electron chi connectivity index (χ3n) is 8.69. The van der Waals surface area contributed by atoms with E-state index in [-0.39, 0.29) is 30.6 Å². The van der Waals surface area contributed by atoms with Crippen LogP contribution in [0.1, 0.15) is 73.7 Å². The van der Waals surface area contributed by atoms with Gasteiger partial charge in [-0.15, -0.1) is 0 Å². The molecular weight excluding hydrogens is 580 g/mol. The second-order valence-corrected chi connectivity index (χ2v) is 12.4. The van der Waals surface area contributed by atoms with Crippen molar-refractivity contribution in [3.8, 4) is 0 Å². The second-order valence-electron chi connectivity index (χ2n) is 12.4. The summed E-state index contributed by atoms with van der Waals surface area (Å²) >= 11 is 0. The molecule has 3 atom stereocenters. The number of hydrogen-bond donors (Lipinski definition) is 3. The van der Waals surface area contributed by atoms with Gasteiger partial charge in [0.2, 0.25) is 11.8 Å². The molecule has 2 aliphatic rings. The van der Waals surface area contributed by atoms with E-state index in [1.54, 1.807) is 0 Å². The fourth-order valence-corrected chi connectivity index (χ4v) is 6.13. The summed E-state index contributed by atoms with van der Waals surface area (Å²) in [5.41, 5.74) is 4.86. The van der Waals surface area contributed by atoms with Crippen molar-refractivity contribution in [3.63, 3.8) is 0 Å². The van der Waals surface area contributed by atoms with Gasteiger partial charge in [0.05, 0.1) is 18.8 Å². The van der Waals surface area contributed by atoms with Gasteiger partial charge in [0, 0.05) is 76.8 Å². The molecule has 0 spiro atoms. The first-order valence-electron chi connectivity index (χ1n) is 16.6. The normalized spacial score (nSPS) is 20.7. The number of aliphatic hydroxyl groups excluding tert-OH is 1. The summed E-state index contributed by atoms with van der Waals surface area (Å²) in [6, 6.07) is 26.3. The van der Waals surface area contributed by atoms with Crippen LogP contribution in [0.4, 0.5) is 5.69 Å². The van der Waals surface area contributed by atoms with Crippen LogP contribution < -0.4 is 10.6 Å². The number of ether oxygens (including phenoxy) is 2. The third-order valence-corrected chi connectivity index (χ3v) is 8.69. The molecule has 3 N–H and O–H groups in total. The summed E-state index contributed by atoms with van der Waals surface area (Å²) in [6.45, 7) is 7.96. The minimum Gasteiger partial charge on any atom is -0.392 e. The molecule has 3 aromatic rings. The second kappa shape index (κ2) is 17.4. The Morgan fingerprint density at radius 2 is 1.59 bits per heavy atom. The molecule has 2 aliphatic heterocycles. The Bertz CT molecular complexity index is 1380. The summed E-state index contributed by atoms with van der Waals surface area (Å²) in [7, 11) is 0. The van der Waals surface area contributed by atoms with Crippen LogP contribution in [0.3, 0.4) is 0 Å². The maximum atomic E-state index is 12.7. The van der Waals surface area contributed by atoms with Crippen molar-refractivity contribution in [2.75, 3.05) is 44.6 Å². The zero-order valence-corrected chi connectivity index (χ0v) is 26.9. The summed E-state index contributed by atoms with van der Waals surface area (Å²) < 4.78 is 13.2. The molecular formula is C37H48N4O5. The number of nitrogens with one attached hydrogen (secondary N) is 2. The number of carbonyl (C=O) groups excluding carboxylic acids is 2. The van der Waals surface area contributed by atoms with Gasteiger partial charge in [-0.2, -0.15) is 0 Å². The Kier molecular flexibility index (Phi) is 12.7. The summed E-state index contributed by atoms with van der Waals surface area (Å²) in [6.07, 6.45) is 2.88. The highest BCUT2D eigenvalue weighted by atomic mass is 16.7. The van der Waals surface area contributed by atoms with Crippen LogP contribution in [0.25, 0.3) is 0 Å². The number of unbranched alkanes of at least 4 members (excludes halogenated alkanes) is 2. The number of rotatable bonds is 14. The Balaban J connectivity index is 1.19. The standard InChI is InChI=1S/C37H48N4O5/c1-28(43)38-18-7-3-6-13-36(44)39-33-12-8-11-32(23-33)37-45-34(24-35(46-37)31-16-14-30(27-42)15-17-31)26-41-21-19-40(20-22-41)25-29-9-4-2-5-10-29/h2,4-5,8-12,14-17,23,34-35,37,42H,3,6-7,13,18-22,24-27H2,1H3,(H,38,43)(H,39,44). The molecule has 3 unspecified atom stereocenters. The van der Waals surface area contributed by atoms with E-state index in [2.05, 4.69) is 50.8 Å². The lowest BCUT2D eigenvalue weighted by Crippen LogP contribution is -2.49. The number of piperazine rings is 1. The van der Waals surface area contributed by atoms with Crippen molar-refractivity contribution in [2.45, 2.75) is 70.7 Å². The SMILES string of the molecule is CC(=O)NCCCCCC(=O)Nc1cccc(C2OC(CN3CCN(Cc4ccccc4)CC3)CC(c3ccc(CO)cc3)O2)c1. The average Bonchev–Trinajstić information content (AvgIpc) is 3.07. The van der Waals surface area contributed by atoms with Gasteiger partial charge in [-0.1, -0.05) is 73.2 Å². The smallest absolute Gasteiger partial charge is 0.224 e. The van der Waals surface area contributed by atoms with Crippen LogP contribution in [-0.2, 0) is 32.2 Å². The largest absolute Gasteiger partial charge is 0.392 e. The highest BCUT2D eigenvalue weighted by molar-refractivity contribution is 5.90. The van der Waals surface area contributed by atoms with E-state index >= 15 is 0 Å². The molecule has 2 saturated heterocycles. The number of aliphatic hydroxyl groups is 1. The zero-order chi connectivity index (χ0) is 32.1. The molecule has 246 valence electrons. The summed E-state index contributed by atoms with van der Waals surface area (Å²) in [5, 5.41) is 15.4. The molecule has 9 heteroatoms. The number of benzene rings is 3. The Morgan fingerprint density at radius 1 is 0.826 bits per heavy atom. The zero-order valence-electron chi connectivity index (χ0n) is 26.9. The average molecular weight is 629 g/mol. The van der Waals surface area contributed by atoms with Crippen LogP contribution in [0, 0.1) is 0 Å². The lowest BCUT2D eigenvalue weighted by Gasteiger charge is -2.41. The first kappa shape index (κ1) is 33.8. The van der Waals surface area contributed by atoms with Crippen molar-refractivity contribution in [1.29, 1.82) is 0 Å². The number of amides is 2. The number of nitrogens with zero attached hydrogens (tertiary/aromatic N) is 2. The first-order valence-corrected chi connectivity index (χ1v) is 16.6.